The molecule has 5 atom stereocenters. The first-order valence-electron chi connectivity index (χ1n) is 13.0. The van der Waals surface area contributed by atoms with E-state index in [2.05, 4.69) is 19.2 Å². The highest BCUT2D eigenvalue weighted by molar-refractivity contribution is 6.48. The van der Waals surface area contributed by atoms with Crippen molar-refractivity contribution in [1.29, 1.82) is 0 Å². The summed E-state index contributed by atoms with van der Waals surface area (Å²) in [5.41, 5.74) is -0.596. The lowest BCUT2D eigenvalue weighted by molar-refractivity contribution is -0.199. The van der Waals surface area contributed by atoms with Crippen molar-refractivity contribution < 1.29 is 41.5 Å². The van der Waals surface area contributed by atoms with Gasteiger partial charge in [0, 0.05) is 0 Å². The molecule has 1 aromatic rings. The number of hydrogen-bond donors (Lipinski definition) is 1. The summed E-state index contributed by atoms with van der Waals surface area (Å²) in [6.45, 7) is 11.6. The van der Waals surface area contributed by atoms with Crippen molar-refractivity contribution in [1.82, 2.24) is 5.32 Å². The predicted octanol–water partition coefficient (Wildman–Crippen LogP) is 4.90. The molecule has 0 radical (unpaired) electrons. The van der Waals surface area contributed by atoms with Gasteiger partial charge in [0.15, 0.2) is 0 Å². The monoisotopic (exact) mass is 539 g/mol. The van der Waals surface area contributed by atoms with E-state index in [1.165, 1.54) is 7.11 Å². The molecule has 3 aliphatic carbocycles. The fourth-order valence-corrected chi connectivity index (χ4v) is 6.44. The number of methoxy groups -OCH3 is 1. The van der Waals surface area contributed by atoms with Crippen LogP contribution in [0.5, 0.6) is 5.75 Å². The van der Waals surface area contributed by atoms with Gasteiger partial charge in [0.05, 0.1) is 24.8 Å². The van der Waals surface area contributed by atoms with E-state index in [1.807, 2.05) is 6.92 Å². The summed E-state index contributed by atoms with van der Waals surface area (Å²) >= 11 is 0. The highest BCUT2D eigenvalue weighted by Gasteiger charge is 2.68. The Balaban J connectivity index is 1.62. The summed E-state index contributed by atoms with van der Waals surface area (Å²) in [5, 5.41) is 2.50. The standard InChI is InChI=1S/C27H37BF3NO6/c1-24(2,3)36-23(34)17-10-8-9-15(22(17)35-7)11-20(32-21(33)14-27(29,30)31)28-37-19-13-16-12-18(25(16,4)5)26(19,6)38-28/h8-10,16,18-20H,11-14H2,1-7H3,(H,32,33). The van der Waals surface area contributed by atoms with E-state index in [0.717, 1.165) is 12.8 Å². The number of alkyl halides is 3. The maximum Gasteiger partial charge on any atom is 0.482 e. The smallest absolute Gasteiger partial charge is 0.482 e. The minimum Gasteiger partial charge on any atom is -0.496 e. The lowest BCUT2D eigenvalue weighted by Gasteiger charge is -2.64. The summed E-state index contributed by atoms with van der Waals surface area (Å²) in [4.78, 5) is 25.3. The van der Waals surface area contributed by atoms with Crippen LogP contribution in [-0.4, -0.2) is 55.5 Å². The Morgan fingerprint density at radius 2 is 1.87 bits per heavy atom. The van der Waals surface area contributed by atoms with Crippen LogP contribution >= 0.6 is 0 Å². The molecule has 11 heteroatoms. The molecule has 38 heavy (non-hydrogen) atoms. The Kier molecular flexibility index (Phi) is 7.36. The quantitative estimate of drug-likeness (QED) is 0.392. The fourth-order valence-electron chi connectivity index (χ4n) is 6.44. The zero-order valence-electron chi connectivity index (χ0n) is 23.0. The summed E-state index contributed by atoms with van der Waals surface area (Å²) in [6.07, 6.45) is -4.69. The number of amides is 1. The lowest BCUT2D eigenvalue weighted by atomic mass is 9.43. The normalized spacial score (nSPS) is 28.7. The highest BCUT2D eigenvalue weighted by Crippen LogP contribution is 2.65. The van der Waals surface area contributed by atoms with Crippen LogP contribution in [0, 0.1) is 17.3 Å². The number of para-hydroxylation sites is 1. The van der Waals surface area contributed by atoms with E-state index < -0.39 is 48.7 Å². The number of esters is 1. The van der Waals surface area contributed by atoms with Crippen LogP contribution in [0.3, 0.4) is 0 Å². The Bertz CT molecular complexity index is 1090. The maximum atomic E-state index is 13.0. The summed E-state index contributed by atoms with van der Waals surface area (Å²) < 4.78 is 62.8. The molecule has 1 aliphatic heterocycles. The van der Waals surface area contributed by atoms with E-state index >= 15 is 0 Å². The number of halogens is 3. The van der Waals surface area contributed by atoms with Crippen LogP contribution in [0.4, 0.5) is 13.2 Å². The summed E-state index contributed by atoms with van der Waals surface area (Å²) in [5.74, 6) is -1.78. The minimum atomic E-state index is -4.66. The number of ether oxygens (including phenoxy) is 2. The fraction of sp³-hybridized carbons (Fsp3) is 0.704. The number of carbonyl (C=O) groups is 2. The largest absolute Gasteiger partial charge is 0.496 e. The van der Waals surface area contributed by atoms with Crippen molar-refractivity contribution in [2.75, 3.05) is 7.11 Å². The third-order valence-electron chi connectivity index (χ3n) is 8.36. The lowest BCUT2D eigenvalue weighted by Crippen LogP contribution is -2.65. The van der Waals surface area contributed by atoms with E-state index in [0.29, 0.717) is 11.5 Å². The average molecular weight is 539 g/mol. The first-order chi connectivity index (χ1) is 17.4. The second-order valence-electron chi connectivity index (χ2n) is 12.5. The predicted molar refractivity (Wildman–Crippen MR) is 135 cm³/mol. The van der Waals surface area contributed by atoms with Crippen molar-refractivity contribution in [2.45, 2.75) is 96.6 Å². The van der Waals surface area contributed by atoms with Gasteiger partial charge < -0.3 is 24.1 Å². The van der Waals surface area contributed by atoms with Gasteiger partial charge in [0.2, 0.25) is 5.91 Å². The third-order valence-corrected chi connectivity index (χ3v) is 8.36. The first kappa shape index (κ1) is 28.7. The molecule has 1 N–H and O–H groups in total. The molecule has 210 valence electrons. The van der Waals surface area contributed by atoms with Crippen molar-refractivity contribution in [3.63, 3.8) is 0 Å². The average Bonchev–Trinajstić information content (AvgIpc) is 3.13. The topological polar surface area (TPSA) is 83.1 Å². The zero-order valence-corrected chi connectivity index (χ0v) is 23.0. The second-order valence-corrected chi connectivity index (χ2v) is 12.5. The molecule has 5 unspecified atom stereocenters. The number of nitrogens with one attached hydrogen (secondary N) is 1. The van der Waals surface area contributed by atoms with Gasteiger partial charge in [-0.3, -0.25) is 4.79 Å². The van der Waals surface area contributed by atoms with E-state index in [1.54, 1.807) is 39.0 Å². The Labute approximate surface area is 222 Å². The van der Waals surface area contributed by atoms with Crippen LogP contribution in [0.25, 0.3) is 0 Å². The third kappa shape index (κ3) is 5.55. The van der Waals surface area contributed by atoms with Crippen molar-refractivity contribution in [3.05, 3.63) is 29.3 Å². The maximum absolute atomic E-state index is 13.0. The van der Waals surface area contributed by atoms with Crippen LogP contribution in [0.15, 0.2) is 18.2 Å². The Morgan fingerprint density at radius 3 is 2.45 bits per heavy atom. The molecule has 4 fully saturated rings. The molecular formula is C27H37BF3NO6. The Hall–Kier alpha value is -2.27. The van der Waals surface area contributed by atoms with Gasteiger partial charge in [0.1, 0.15) is 23.3 Å². The number of hydrogen-bond acceptors (Lipinski definition) is 6. The number of carbonyl (C=O) groups excluding carboxylic acids is 2. The van der Waals surface area contributed by atoms with Crippen LogP contribution < -0.4 is 10.1 Å². The molecule has 1 aromatic carbocycles. The van der Waals surface area contributed by atoms with Gasteiger partial charge in [-0.25, -0.2) is 4.79 Å². The molecule has 4 aliphatic rings. The van der Waals surface area contributed by atoms with E-state index in [9.17, 15) is 22.8 Å². The molecule has 2 bridgehead atoms. The molecule has 1 heterocycles. The molecule has 0 spiro atoms. The molecular weight excluding hydrogens is 502 g/mol. The van der Waals surface area contributed by atoms with Crippen LogP contribution in [0.2, 0.25) is 0 Å². The second kappa shape index (κ2) is 9.73. The molecule has 3 saturated carbocycles. The molecule has 7 nitrogen and oxygen atoms in total. The van der Waals surface area contributed by atoms with Crippen molar-refractivity contribution in [2.24, 2.45) is 17.3 Å². The molecule has 1 saturated heterocycles. The van der Waals surface area contributed by atoms with Gasteiger partial charge in [-0.2, -0.15) is 13.2 Å². The summed E-state index contributed by atoms with van der Waals surface area (Å²) in [7, 11) is 0.435. The van der Waals surface area contributed by atoms with Crippen molar-refractivity contribution >= 4 is 19.0 Å². The highest BCUT2D eigenvalue weighted by atomic mass is 19.4. The van der Waals surface area contributed by atoms with Gasteiger partial charge in [0.25, 0.3) is 0 Å². The van der Waals surface area contributed by atoms with Crippen molar-refractivity contribution in [3.8, 4) is 5.75 Å². The number of rotatable bonds is 7. The van der Waals surface area contributed by atoms with Gasteiger partial charge in [-0.05, 0) is 75.8 Å². The minimum absolute atomic E-state index is 0.0222. The SMILES string of the molecule is COc1c(CC(NC(=O)CC(F)(F)F)B2OC3CC4CC(C4(C)C)C3(C)O2)cccc1C(=O)OC(C)(C)C. The summed E-state index contributed by atoms with van der Waals surface area (Å²) in [6, 6.07) is 4.89. The van der Waals surface area contributed by atoms with E-state index in [-0.39, 0.29) is 35.2 Å². The zero-order chi connectivity index (χ0) is 28.3. The molecule has 0 aromatic heterocycles. The molecule has 1 amide bonds. The van der Waals surface area contributed by atoms with Crippen LogP contribution in [0.1, 0.15) is 76.7 Å². The Morgan fingerprint density at radius 1 is 1.18 bits per heavy atom. The van der Waals surface area contributed by atoms with Gasteiger partial charge in [-0.15, -0.1) is 0 Å². The van der Waals surface area contributed by atoms with Gasteiger partial charge in [-0.1, -0.05) is 26.0 Å². The molecule has 5 rings (SSSR count). The van der Waals surface area contributed by atoms with Crippen LogP contribution in [-0.2, 0) is 25.3 Å². The van der Waals surface area contributed by atoms with Gasteiger partial charge >= 0.3 is 19.3 Å². The van der Waals surface area contributed by atoms with E-state index in [4.69, 9.17) is 18.8 Å². The first-order valence-corrected chi connectivity index (χ1v) is 13.0. The number of benzene rings is 1.